The van der Waals surface area contributed by atoms with E-state index in [-0.39, 0.29) is 42.6 Å². The third kappa shape index (κ3) is 24.9. The Bertz CT molecular complexity index is 4240. The molecule has 0 bridgehead atoms. The number of aromatic amines is 1. The number of halogens is 1. The van der Waals surface area contributed by atoms with Gasteiger partial charge in [-0.05, 0) is 200 Å². The maximum absolute atomic E-state index is 12.1. The normalized spacial score (nSPS) is 17.4. The van der Waals surface area contributed by atoms with Gasteiger partial charge >= 0.3 is 12.2 Å². The number of hydrogen-bond acceptors (Lipinski definition) is 21. The van der Waals surface area contributed by atoms with Gasteiger partial charge < -0.3 is 89.8 Å². The molecule has 8 aromatic rings. The summed E-state index contributed by atoms with van der Waals surface area (Å²) in [6.45, 7) is 18.0. The van der Waals surface area contributed by atoms with Crippen LogP contribution in [0.5, 0.6) is 23.0 Å². The molecule has 6 aromatic carbocycles. The van der Waals surface area contributed by atoms with Crippen molar-refractivity contribution in [1.29, 1.82) is 0 Å². The van der Waals surface area contributed by atoms with E-state index in [0.717, 1.165) is 174 Å². The van der Waals surface area contributed by atoms with E-state index >= 15 is 0 Å². The largest absolute Gasteiger partial charge is 0.496 e. The molecule has 3 saturated carbocycles. The van der Waals surface area contributed by atoms with Crippen LogP contribution in [0.3, 0.4) is 0 Å². The molecule has 0 spiro atoms. The lowest BCUT2D eigenvalue weighted by molar-refractivity contribution is 0.0495. The molecule has 24 nitrogen and oxygen atoms in total. The summed E-state index contributed by atoms with van der Waals surface area (Å²) in [5.41, 5.74) is 12.0. The Labute approximate surface area is 645 Å². The molecule has 6 fully saturated rings. The minimum absolute atomic E-state index is 0.0776. The first-order valence-electron chi connectivity index (χ1n) is 37.8. The number of carbonyl (C=O) groups is 2. The zero-order valence-electron chi connectivity index (χ0n) is 65.1. The fourth-order valence-corrected chi connectivity index (χ4v) is 13.6. The van der Waals surface area contributed by atoms with Crippen LogP contribution in [0.15, 0.2) is 143 Å². The molecule has 14 rings (SSSR count). The number of aliphatic hydroxyl groups excluding tert-OH is 2. The van der Waals surface area contributed by atoms with Gasteiger partial charge in [-0.2, -0.15) is 0 Å². The van der Waals surface area contributed by atoms with E-state index in [1.54, 1.807) is 28.4 Å². The van der Waals surface area contributed by atoms with Crippen LogP contribution in [-0.2, 0) is 9.47 Å². The van der Waals surface area contributed by atoms with Gasteiger partial charge in [-0.25, -0.2) is 24.5 Å². The number of nitrogens with one attached hydrogen (secondary N) is 4. The number of aromatic nitrogens is 4. The summed E-state index contributed by atoms with van der Waals surface area (Å²) < 4.78 is 32.7. The summed E-state index contributed by atoms with van der Waals surface area (Å²) in [5.74, 6) is 7.19. The van der Waals surface area contributed by atoms with Gasteiger partial charge in [0.05, 0.1) is 85.6 Å². The molecule has 6 aliphatic rings. The van der Waals surface area contributed by atoms with Crippen molar-refractivity contribution >= 4 is 84.2 Å². The third-order valence-corrected chi connectivity index (χ3v) is 19.8. The molecule has 2 aromatic heterocycles. The predicted octanol–water partition coefficient (Wildman–Crippen LogP) is 13.8. The number of rotatable bonds is 19. The van der Waals surface area contributed by atoms with Crippen molar-refractivity contribution in [3.8, 4) is 23.0 Å². The second kappa shape index (κ2) is 39.7. The Balaban J connectivity index is 0.000000157. The number of hydrogen-bond donors (Lipinski definition) is 7. The van der Waals surface area contributed by atoms with Gasteiger partial charge in [0, 0.05) is 113 Å². The highest BCUT2D eigenvalue weighted by Gasteiger charge is 2.32. The monoisotopic (exact) mass is 1550 g/mol. The van der Waals surface area contributed by atoms with Gasteiger partial charge in [0.25, 0.3) is 5.56 Å². The van der Waals surface area contributed by atoms with E-state index in [4.69, 9.17) is 49.2 Å². The van der Waals surface area contributed by atoms with E-state index in [9.17, 15) is 19.5 Å². The first-order valence-corrected chi connectivity index (χ1v) is 38.6. The third-order valence-electron chi connectivity index (χ3n) is 19.1. The number of para-hydroxylation sites is 7. The highest BCUT2D eigenvalue weighted by molar-refractivity contribution is 9.10. The Hall–Kier alpha value is -9.30. The molecule has 0 radical (unpaired) electrons. The molecule has 3 aliphatic heterocycles. The molecule has 2 amide bonds. The van der Waals surface area contributed by atoms with Crippen LogP contribution in [0.2, 0.25) is 0 Å². The second-order valence-electron chi connectivity index (χ2n) is 30.0. The van der Waals surface area contributed by atoms with Crippen LogP contribution in [0, 0.1) is 0 Å². The molecule has 3 aliphatic carbocycles. The zero-order chi connectivity index (χ0) is 77.5. The minimum Gasteiger partial charge on any atom is -0.496 e. The SMILES string of the molecule is CC(C)(C)OC(=O)NC1CCCC1.CN(CCO)c1ccc2nc(C3CC3)[nH]c(=O)c2c1.COc1ccccc1Br.COc1ccccc1N1CCC(N)C1.COc1ccccc1N1CCC(NC(=O)OC(C)(C)C)C1.COc1ccccc1N1CCC(Nc2nc(C3CC3)nc3ccc(N(C)CCO)cc23)C1. The number of anilines is 6. The molecule has 8 N–H and O–H groups in total. The van der Waals surface area contributed by atoms with Crippen LogP contribution >= 0.6 is 15.9 Å². The van der Waals surface area contributed by atoms with Gasteiger partial charge in [0.15, 0.2) is 0 Å². The number of likely N-dealkylation sites (N-methyl/N-ethyl adjacent to an activating group) is 2. The summed E-state index contributed by atoms with van der Waals surface area (Å²) in [7, 11) is 10.6. The number of benzene rings is 6. The van der Waals surface area contributed by atoms with Gasteiger partial charge in [-0.3, -0.25) is 4.79 Å². The molecule has 584 valence electrons. The number of H-pyrrole nitrogens is 1. The second-order valence-corrected chi connectivity index (χ2v) is 30.9. The fraction of sp³-hybridized carbons (Fsp3) is 0.494. The summed E-state index contributed by atoms with van der Waals surface area (Å²) in [6.07, 6.45) is 11.6. The quantitative estimate of drug-likeness (QED) is 0.0396. The molecule has 3 saturated heterocycles. The predicted molar refractivity (Wildman–Crippen MR) is 437 cm³/mol. The van der Waals surface area contributed by atoms with Crippen molar-refractivity contribution in [2.75, 3.05) is 138 Å². The van der Waals surface area contributed by atoms with Crippen molar-refractivity contribution in [1.82, 2.24) is 30.6 Å². The molecule has 3 unspecified atom stereocenters. The van der Waals surface area contributed by atoms with Crippen molar-refractivity contribution < 1.29 is 48.2 Å². The summed E-state index contributed by atoms with van der Waals surface area (Å²) in [5, 5.41) is 29.5. The van der Waals surface area contributed by atoms with Crippen molar-refractivity contribution in [3.63, 3.8) is 0 Å². The number of nitrogens with zero attached hydrogens (tertiary/aromatic N) is 8. The average Bonchev–Trinajstić information content (AvgIpc) is 1.43. The number of carbonyl (C=O) groups excluding carboxylic acids is 2. The molecule has 5 heterocycles. The first-order chi connectivity index (χ1) is 51.9. The zero-order valence-corrected chi connectivity index (χ0v) is 66.7. The number of aliphatic hydroxyl groups is 2. The van der Waals surface area contributed by atoms with E-state index in [0.29, 0.717) is 48.4 Å². The van der Waals surface area contributed by atoms with Crippen LogP contribution in [0.25, 0.3) is 21.8 Å². The van der Waals surface area contributed by atoms with E-state index in [1.165, 1.54) is 25.7 Å². The summed E-state index contributed by atoms with van der Waals surface area (Å²) >= 11 is 3.33. The molecule has 3 atom stereocenters. The van der Waals surface area contributed by atoms with Gasteiger partial charge in [-0.15, -0.1) is 0 Å². The highest BCUT2D eigenvalue weighted by Crippen LogP contribution is 2.41. The Morgan fingerprint density at radius 3 is 1.43 bits per heavy atom. The van der Waals surface area contributed by atoms with Crippen LogP contribution in [0.1, 0.15) is 136 Å². The maximum atomic E-state index is 12.1. The molecule has 108 heavy (non-hydrogen) atoms. The van der Waals surface area contributed by atoms with Crippen molar-refractivity contribution in [2.24, 2.45) is 5.73 Å². The molecule has 25 heteroatoms. The maximum Gasteiger partial charge on any atom is 0.407 e. The Morgan fingerprint density at radius 1 is 0.537 bits per heavy atom. The van der Waals surface area contributed by atoms with Crippen molar-refractivity contribution in [2.45, 2.75) is 159 Å². The number of alkyl carbamates (subject to hydrolysis) is 2. The van der Waals surface area contributed by atoms with Crippen molar-refractivity contribution in [3.05, 3.63) is 160 Å². The summed E-state index contributed by atoms with van der Waals surface area (Å²) in [4.78, 5) is 63.3. The lowest BCUT2D eigenvalue weighted by Gasteiger charge is -2.23. The van der Waals surface area contributed by atoms with E-state index in [1.807, 2.05) is 158 Å². The van der Waals surface area contributed by atoms with Crippen LogP contribution < -0.4 is 70.7 Å². The first kappa shape index (κ1) is 82.8. The molecular formula is C83H114BrN13O11. The van der Waals surface area contributed by atoms with Crippen LogP contribution in [-0.4, -0.2) is 186 Å². The van der Waals surface area contributed by atoms with Gasteiger partial charge in [0.2, 0.25) is 0 Å². The van der Waals surface area contributed by atoms with Crippen LogP contribution in [0.4, 0.5) is 43.8 Å². The lowest BCUT2D eigenvalue weighted by Crippen LogP contribution is -2.40. The summed E-state index contributed by atoms with van der Waals surface area (Å²) in [6, 6.07) is 44.9. The lowest BCUT2D eigenvalue weighted by atomic mass is 10.1. The van der Waals surface area contributed by atoms with E-state index < -0.39 is 5.60 Å². The minimum atomic E-state index is -0.467. The number of fused-ring (bicyclic) bond motifs is 2. The highest BCUT2D eigenvalue weighted by atomic mass is 79.9. The topological polar surface area (TPSA) is 280 Å². The number of ether oxygens (including phenoxy) is 6. The van der Waals surface area contributed by atoms with Gasteiger partial charge in [0.1, 0.15) is 51.7 Å². The number of amides is 2. The molecular weight excluding hydrogens is 1430 g/mol. The number of nitrogens with two attached hydrogens (primary N) is 1. The van der Waals surface area contributed by atoms with Gasteiger partial charge in [-0.1, -0.05) is 61.4 Å². The van der Waals surface area contributed by atoms with E-state index in [2.05, 4.69) is 97.8 Å². The average molecular weight is 1550 g/mol. The fourth-order valence-electron chi connectivity index (χ4n) is 13.2. The number of methoxy groups -OCH3 is 4. The standard InChI is InChI=1S/C25H31N5O2.C16H24N2O3.C14H17N3O2.C11H16N2O.C10H19NO2.C7H7BrO/c1-29(13-14-31)19-9-10-21-20(15-19)25(28-24(27-21)17-7-8-17)26-18-11-12-30(16-18)22-5-3-4-6-23(22)32-2;1-16(2,3)21-15(19)17-12-9-10-18(11-12)13-7-5-6-8-14(13)20-4;1-17(6-7-18)10-4-5-12-11(8-10)14(19)16-13(15-12)9-2-3-9;1-14-11-5-3-2-4-10(11)13-7-6-9(12)8-13;1-10(2,3)13-9(12)11-8-6-4-5-7-8;1-9-7-5-3-2-4-6(7)8/h3-6,9-10,15,17-18,31H,7-8,11-14,16H2,1-2H3,(H,26,27,28);5-8,12H,9-11H2,1-4H3,(H,17,19);4-5,8-9,18H,2-3,6-7H2,1H3,(H,15,16,19);2-5,9H,6-8,12H2,1H3;8H,4-7H2,1-3H3,(H,11,12);2-5H,1H3. The Kier molecular flexibility index (Phi) is 30.4. The Morgan fingerprint density at radius 2 is 0.972 bits per heavy atom. The smallest absolute Gasteiger partial charge is 0.407 e.